The van der Waals surface area contributed by atoms with Crippen LogP contribution in [0.4, 0.5) is 0 Å². The van der Waals surface area contributed by atoms with Crippen molar-refractivity contribution in [2.75, 3.05) is 26.2 Å². The molecular formula is C17H27N3O4. The molecule has 1 aromatic heterocycles. The van der Waals surface area contributed by atoms with Crippen LogP contribution < -0.4 is 5.32 Å². The number of hydrogen-bond donors (Lipinski definition) is 3. The molecule has 0 bridgehead atoms. The average molecular weight is 337 g/mol. The largest absolute Gasteiger partial charge is 0.483 e. The second kappa shape index (κ2) is 11.5. The van der Waals surface area contributed by atoms with E-state index >= 15 is 0 Å². The summed E-state index contributed by atoms with van der Waals surface area (Å²) in [5.74, 6) is -0.0662. The maximum atomic E-state index is 12.0. The molecule has 2 rings (SSSR count). The molecule has 1 atom stereocenters. The number of nitrogens with one attached hydrogen (secondary N) is 1. The first-order valence-corrected chi connectivity index (χ1v) is 8.25. The van der Waals surface area contributed by atoms with Gasteiger partial charge in [-0.3, -0.25) is 19.5 Å². The maximum Gasteiger partial charge on any atom is 0.290 e. The molecule has 3 N–H and O–H groups in total. The quantitative estimate of drug-likeness (QED) is 0.530. The predicted molar refractivity (Wildman–Crippen MR) is 90.9 cm³/mol. The summed E-state index contributed by atoms with van der Waals surface area (Å²) < 4.78 is 0. The smallest absolute Gasteiger partial charge is 0.290 e. The van der Waals surface area contributed by atoms with Crippen molar-refractivity contribution >= 4 is 12.4 Å². The van der Waals surface area contributed by atoms with Gasteiger partial charge in [-0.05, 0) is 44.4 Å². The molecule has 7 heteroatoms. The normalized spacial score (nSPS) is 17.5. The molecule has 1 aliphatic heterocycles. The van der Waals surface area contributed by atoms with E-state index in [4.69, 9.17) is 9.90 Å². The number of aliphatic hydroxyl groups is 1. The third kappa shape index (κ3) is 7.06. The molecule has 134 valence electrons. The van der Waals surface area contributed by atoms with E-state index < -0.39 is 0 Å². The van der Waals surface area contributed by atoms with E-state index in [2.05, 4.69) is 15.2 Å². The van der Waals surface area contributed by atoms with Crippen molar-refractivity contribution in [1.82, 2.24) is 15.2 Å². The van der Waals surface area contributed by atoms with Crippen molar-refractivity contribution in [2.45, 2.75) is 38.6 Å². The van der Waals surface area contributed by atoms with Crippen molar-refractivity contribution in [3.05, 3.63) is 29.6 Å². The van der Waals surface area contributed by atoms with Crippen molar-refractivity contribution in [3.8, 4) is 0 Å². The van der Waals surface area contributed by atoms with Crippen LogP contribution in [0.15, 0.2) is 18.5 Å². The van der Waals surface area contributed by atoms with Crippen LogP contribution in [-0.4, -0.2) is 64.8 Å². The van der Waals surface area contributed by atoms with E-state index in [-0.39, 0.29) is 19.0 Å². The third-order valence-electron chi connectivity index (χ3n) is 4.00. The van der Waals surface area contributed by atoms with Crippen LogP contribution in [0.2, 0.25) is 0 Å². The number of rotatable bonds is 6. The third-order valence-corrected chi connectivity index (χ3v) is 4.00. The van der Waals surface area contributed by atoms with Crippen LogP contribution in [0.1, 0.15) is 41.6 Å². The predicted octanol–water partition coefficient (Wildman–Crippen LogP) is 1.06. The fourth-order valence-electron chi connectivity index (χ4n) is 2.83. The number of pyridine rings is 1. The summed E-state index contributed by atoms with van der Waals surface area (Å²) >= 11 is 0. The van der Waals surface area contributed by atoms with E-state index in [0.717, 1.165) is 31.5 Å². The molecule has 2 heterocycles. The molecule has 0 aliphatic carbocycles. The molecule has 24 heavy (non-hydrogen) atoms. The summed E-state index contributed by atoms with van der Waals surface area (Å²) in [6, 6.07) is 2.14. The SMILES string of the molecule is Cc1cncc(C(=O)NCCCN2CCCCC2CO)c1.O=CO. The first kappa shape index (κ1) is 20.1. The van der Waals surface area contributed by atoms with Crippen LogP contribution in [-0.2, 0) is 4.79 Å². The Kier molecular flexibility index (Phi) is 9.64. The monoisotopic (exact) mass is 337 g/mol. The molecule has 0 aromatic carbocycles. The lowest BCUT2D eigenvalue weighted by Gasteiger charge is -2.34. The molecule has 0 radical (unpaired) electrons. The number of carbonyl (C=O) groups is 2. The zero-order valence-electron chi connectivity index (χ0n) is 14.1. The number of aryl methyl sites for hydroxylation is 1. The van der Waals surface area contributed by atoms with Gasteiger partial charge >= 0.3 is 0 Å². The number of aliphatic hydroxyl groups excluding tert-OH is 1. The van der Waals surface area contributed by atoms with Gasteiger partial charge < -0.3 is 15.5 Å². The van der Waals surface area contributed by atoms with Gasteiger partial charge in [-0.15, -0.1) is 0 Å². The zero-order chi connectivity index (χ0) is 17.8. The molecule has 1 unspecified atom stereocenters. The molecule has 1 saturated heterocycles. The summed E-state index contributed by atoms with van der Waals surface area (Å²) in [5.41, 5.74) is 1.60. The molecule has 1 aromatic rings. The Labute approximate surface area is 142 Å². The van der Waals surface area contributed by atoms with Crippen LogP contribution in [0, 0.1) is 6.92 Å². The summed E-state index contributed by atoms with van der Waals surface area (Å²) in [5, 5.41) is 19.2. The van der Waals surface area contributed by atoms with Gasteiger partial charge in [-0.1, -0.05) is 6.42 Å². The van der Waals surface area contributed by atoms with Crippen molar-refractivity contribution in [1.29, 1.82) is 0 Å². The van der Waals surface area contributed by atoms with Crippen LogP contribution in [0.25, 0.3) is 0 Å². The molecule has 1 fully saturated rings. The first-order valence-electron chi connectivity index (χ1n) is 8.25. The lowest BCUT2D eigenvalue weighted by Crippen LogP contribution is -2.43. The van der Waals surface area contributed by atoms with E-state index in [1.165, 1.54) is 12.8 Å². The Morgan fingerprint density at radius 1 is 1.46 bits per heavy atom. The van der Waals surface area contributed by atoms with Crippen LogP contribution >= 0.6 is 0 Å². The Morgan fingerprint density at radius 3 is 2.88 bits per heavy atom. The maximum absolute atomic E-state index is 12.0. The van der Waals surface area contributed by atoms with E-state index in [0.29, 0.717) is 18.2 Å². The Balaban J connectivity index is 0.000000891. The molecule has 0 saturated carbocycles. The minimum absolute atomic E-state index is 0.0662. The van der Waals surface area contributed by atoms with E-state index in [1.54, 1.807) is 12.4 Å². The topological polar surface area (TPSA) is 103 Å². The number of amides is 1. The number of carboxylic acid groups (broad SMARTS) is 1. The standard InChI is InChI=1S/C16H25N3O2.CH2O2/c1-13-9-14(11-17-10-13)16(21)18-6-4-8-19-7-3-2-5-15(19)12-20;2-1-3/h9-11,15,20H,2-8,12H2,1H3,(H,18,21);1H,(H,2,3). The summed E-state index contributed by atoms with van der Waals surface area (Å²) in [4.78, 5) is 26.7. The van der Waals surface area contributed by atoms with Gasteiger partial charge in [-0.25, -0.2) is 0 Å². The van der Waals surface area contributed by atoms with Gasteiger partial charge in [0.05, 0.1) is 12.2 Å². The summed E-state index contributed by atoms with van der Waals surface area (Å²) in [6.45, 7) is 4.55. The second-order valence-electron chi connectivity index (χ2n) is 5.83. The van der Waals surface area contributed by atoms with E-state index in [1.807, 2.05) is 13.0 Å². The molecule has 1 aliphatic rings. The highest BCUT2D eigenvalue weighted by Gasteiger charge is 2.20. The highest BCUT2D eigenvalue weighted by Crippen LogP contribution is 2.16. The highest BCUT2D eigenvalue weighted by molar-refractivity contribution is 5.93. The lowest BCUT2D eigenvalue weighted by atomic mass is 10.0. The summed E-state index contributed by atoms with van der Waals surface area (Å²) in [7, 11) is 0. The Bertz CT molecular complexity index is 510. The fourth-order valence-corrected chi connectivity index (χ4v) is 2.83. The fraction of sp³-hybridized carbons (Fsp3) is 0.588. The van der Waals surface area contributed by atoms with Gasteiger partial charge in [0.25, 0.3) is 12.4 Å². The molecule has 1 amide bonds. The number of piperidine rings is 1. The first-order chi connectivity index (χ1) is 11.6. The van der Waals surface area contributed by atoms with Crippen LogP contribution in [0.5, 0.6) is 0 Å². The second-order valence-corrected chi connectivity index (χ2v) is 5.83. The van der Waals surface area contributed by atoms with Crippen molar-refractivity contribution in [3.63, 3.8) is 0 Å². The lowest BCUT2D eigenvalue weighted by molar-refractivity contribution is -0.122. The zero-order valence-corrected chi connectivity index (χ0v) is 14.1. The minimum Gasteiger partial charge on any atom is -0.483 e. The van der Waals surface area contributed by atoms with Gasteiger partial charge in [0.15, 0.2) is 0 Å². The number of aromatic nitrogens is 1. The number of likely N-dealkylation sites (tertiary alicyclic amines) is 1. The van der Waals surface area contributed by atoms with Gasteiger partial charge in [0.2, 0.25) is 0 Å². The molecule has 0 spiro atoms. The summed E-state index contributed by atoms with van der Waals surface area (Å²) in [6.07, 6.45) is 7.73. The van der Waals surface area contributed by atoms with Gasteiger partial charge in [0, 0.05) is 31.5 Å². The van der Waals surface area contributed by atoms with E-state index in [9.17, 15) is 9.90 Å². The van der Waals surface area contributed by atoms with Gasteiger partial charge in [-0.2, -0.15) is 0 Å². The van der Waals surface area contributed by atoms with Crippen molar-refractivity contribution < 1.29 is 19.8 Å². The van der Waals surface area contributed by atoms with Crippen molar-refractivity contribution in [2.24, 2.45) is 0 Å². The molecule has 7 nitrogen and oxygen atoms in total. The average Bonchev–Trinajstić information content (AvgIpc) is 2.59. The minimum atomic E-state index is -0.250. The van der Waals surface area contributed by atoms with Gasteiger partial charge in [0.1, 0.15) is 0 Å². The number of hydrogen-bond acceptors (Lipinski definition) is 5. The molecular weight excluding hydrogens is 310 g/mol. The van der Waals surface area contributed by atoms with Crippen LogP contribution in [0.3, 0.4) is 0 Å². The number of carbonyl (C=O) groups excluding carboxylic acids is 1. The Hall–Kier alpha value is -1.99. The highest BCUT2D eigenvalue weighted by atomic mass is 16.3. The Morgan fingerprint density at radius 2 is 2.21 bits per heavy atom. The number of nitrogens with zero attached hydrogens (tertiary/aromatic N) is 2.